The highest BCUT2D eigenvalue weighted by atomic mass is 14.2. The molecule has 0 N–H and O–H groups in total. The van der Waals surface area contributed by atoms with E-state index in [9.17, 15) is 0 Å². The Morgan fingerprint density at radius 3 is 1.58 bits per heavy atom. The summed E-state index contributed by atoms with van der Waals surface area (Å²) in [5.74, 6) is 0.637. The summed E-state index contributed by atoms with van der Waals surface area (Å²) in [6.45, 7) is 10.6. The van der Waals surface area contributed by atoms with Crippen LogP contribution in [-0.2, 0) is 0 Å². The Morgan fingerprint density at radius 1 is 1.00 bits per heavy atom. The van der Waals surface area contributed by atoms with Gasteiger partial charge < -0.3 is 0 Å². The molecule has 0 saturated heterocycles. The zero-order chi connectivity index (χ0) is 8.91. The van der Waals surface area contributed by atoms with Crippen LogP contribution in [-0.4, -0.2) is 0 Å². The first-order valence-electron chi connectivity index (χ1n) is 4.49. The van der Waals surface area contributed by atoms with Crippen molar-refractivity contribution in [3.05, 3.63) is 24.3 Å². The zero-order valence-corrected chi connectivity index (χ0v) is 8.39. The third-order valence-electron chi connectivity index (χ3n) is 1.66. The minimum atomic E-state index is 0. The van der Waals surface area contributed by atoms with E-state index in [1.54, 1.807) is 0 Å². The summed E-state index contributed by atoms with van der Waals surface area (Å²) < 4.78 is 0. The standard InChI is InChI=1S/C9H14.C2H6.CH4/c1-8-4-6-9(2,3)7-5-8;1-2;/h4-8H,1-3H3;1-2H3;1H4. The van der Waals surface area contributed by atoms with Gasteiger partial charge in [-0.1, -0.05) is 66.3 Å². The molecule has 0 heteroatoms. The van der Waals surface area contributed by atoms with Crippen LogP contribution in [0.4, 0.5) is 0 Å². The van der Waals surface area contributed by atoms with Gasteiger partial charge in [-0.05, 0) is 5.92 Å². The third kappa shape index (κ3) is 5.17. The van der Waals surface area contributed by atoms with Crippen LogP contribution in [0, 0.1) is 11.3 Å². The Balaban J connectivity index is 0. The molecule has 0 aromatic heterocycles. The highest BCUT2D eigenvalue weighted by Crippen LogP contribution is 2.24. The number of hydrogen-bond acceptors (Lipinski definition) is 0. The van der Waals surface area contributed by atoms with Crippen LogP contribution in [0.5, 0.6) is 0 Å². The lowest BCUT2D eigenvalue weighted by atomic mass is 9.86. The summed E-state index contributed by atoms with van der Waals surface area (Å²) in [5, 5.41) is 0. The summed E-state index contributed by atoms with van der Waals surface area (Å²) in [6, 6.07) is 0. The third-order valence-corrected chi connectivity index (χ3v) is 1.66. The van der Waals surface area contributed by atoms with E-state index in [4.69, 9.17) is 0 Å². The molecule has 0 saturated carbocycles. The molecule has 12 heavy (non-hydrogen) atoms. The normalized spacial score (nSPS) is 19.1. The van der Waals surface area contributed by atoms with E-state index in [1.165, 1.54) is 0 Å². The van der Waals surface area contributed by atoms with Gasteiger partial charge in [0.05, 0.1) is 0 Å². The van der Waals surface area contributed by atoms with Crippen molar-refractivity contribution in [1.29, 1.82) is 0 Å². The Morgan fingerprint density at radius 2 is 1.33 bits per heavy atom. The van der Waals surface area contributed by atoms with Gasteiger partial charge in [-0.25, -0.2) is 0 Å². The van der Waals surface area contributed by atoms with Crippen molar-refractivity contribution in [3.63, 3.8) is 0 Å². The van der Waals surface area contributed by atoms with E-state index in [0.29, 0.717) is 11.3 Å². The molecule has 0 aliphatic heterocycles. The predicted octanol–water partition coefficient (Wildman–Crippen LogP) is 4.44. The molecule has 0 aromatic carbocycles. The van der Waals surface area contributed by atoms with Gasteiger partial charge in [-0.2, -0.15) is 0 Å². The molecule has 0 fully saturated rings. The van der Waals surface area contributed by atoms with Gasteiger partial charge in [-0.15, -0.1) is 0 Å². The molecular formula is C12H24. The highest BCUT2D eigenvalue weighted by Gasteiger charge is 2.12. The highest BCUT2D eigenvalue weighted by molar-refractivity contribution is 5.16. The van der Waals surface area contributed by atoms with E-state index in [-0.39, 0.29) is 7.43 Å². The van der Waals surface area contributed by atoms with Gasteiger partial charge in [0.2, 0.25) is 0 Å². The fraction of sp³-hybridized carbons (Fsp3) is 0.667. The Hall–Kier alpha value is -0.520. The first-order chi connectivity index (χ1) is 5.10. The predicted molar refractivity (Wildman–Crippen MR) is 59.3 cm³/mol. The van der Waals surface area contributed by atoms with E-state index in [2.05, 4.69) is 45.1 Å². The molecule has 0 aromatic rings. The minimum Gasteiger partial charge on any atom is -0.0811 e. The lowest BCUT2D eigenvalue weighted by Crippen LogP contribution is -2.07. The van der Waals surface area contributed by atoms with Crippen LogP contribution in [0.15, 0.2) is 24.3 Å². The van der Waals surface area contributed by atoms with Crippen molar-refractivity contribution in [2.24, 2.45) is 11.3 Å². The molecule has 0 bridgehead atoms. The maximum atomic E-state index is 2.26. The SMILES string of the molecule is C.CC.CC1C=CC(C)(C)C=C1. The summed E-state index contributed by atoms with van der Waals surface area (Å²) in [7, 11) is 0. The summed E-state index contributed by atoms with van der Waals surface area (Å²) in [5.41, 5.74) is 0.298. The van der Waals surface area contributed by atoms with Gasteiger partial charge in [0.25, 0.3) is 0 Å². The molecule has 0 heterocycles. The molecule has 0 amide bonds. The maximum Gasteiger partial charge on any atom is 0.000483 e. The van der Waals surface area contributed by atoms with Crippen LogP contribution >= 0.6 is 0 Å². The molecule has 0 radical (unpaired) electrons. The smallest absolute Gasteiger partial charge is 0.000483 e. The number of rotatable bonds is 0. The molecule has 1 rings (SSSR count). The lowest BCUT2D eigenvalue weighted by Gasteiger charge is -2.19. The summed E-state index contributed by atoms with van der Waals surface area (Å²) in [4.78, 5) is 0. The van der Waals surface area contributed by atoms with Crippen LogP contribution in [0.3, 0.4) is 0 Å². The fourth-order valence-electron chi connectivity index (χ4n) is 0.919. The van der Waals surface area contributed by atoms with Crippen molar-refractivity contribution >= 4 is 0 Å². The summed E-state index contributed by atoms with van der Waals surface area (Å²) in [6.07, 6.45) is 9.02. The van der Waals surface area contributed by atoms with Crippen LogP contribution in [0.2, 0.25) is 0 Å². The van der Waals surface area contributed by atoms with Crippen LogP contribution < -0.4 is 0 Å². The molecule has 0 nitrogen and oxygen atoms in total. The molecule has 1 aliphatic rings. The zero-order valence-electron chi connectivity index (χ0n) is 8.39. The van der Waals surface area contributed by atoms with E-state index in [1.807, 2.05) is 13.8 Å². The Labute approximate surface area is 78.4 Å². The molecule has 0 atom stereocenters. The fourth-order valence-corrected chi connectivity index (χ4v) is 0.919. The van der Waals surface area contributed by atoms with Crippen LogP contribution in [0.1, 0.15) is 42.0 Å². The van der Waals surface area contributed by atoms with Gasteiger partial charge in [0, 0.05) is 5.41 Å². The average molecular weight is 168 g/mol. The van der Waals surface area contributed by atoms with Gasteiger partial charge >= 0.3 is 0 Å². The van der Waals surface area contributed by atoms with Crippen molar-refractivity contribution in [2.75, 3.05) is 0 Å². The molecule has 72 valence electrons. The monoisotopic (exact) mass is 168 g/mol. The number of hydrogen-bond donors (Lipinski definition) is 0. The van der Waals surface area contributed by atoms with E-state index >= 15 is 0 Å². The molecule has 0 unspecified atom stereocenters. The topological polar surface area (TPSA) is 0 Å². The first-order valence-corrected chi connectivity index (χ1v) is 4.49. The second kappa shape index (κ2) is 6.05. The van der Waals surface area contributed by atoms with Gasteiger partial charge in [-0.3, -0.25) is 0 Å². The molecule has 0 spiro atoms. The minimum absolute atomic E-state index is 0. The second-order valence-electron chi connectivity index (χ2n) is 3.40. The van der Waals surface area contributed by atoms with Crippen molar-refractivity contribution in [3.8, 4) is 0 Å². The Bertz CT molecular complexity index is 133. The van der Waals surface area contributed by atoms with E-state index in [0.717, 1.165) is 0 Å². The van der Waals surface area contributed by atoms with E-state index < -0.39 is 0 Å². The summed E-state index contributed by atoms with van der Waals surface area (Å²) >= 11 is 0. The lowest BCUT2D eigenvalue weighted by molar-refractivity contribution is 0.600. The first kappa shape index (κ1) is 14.0. The van der Waals surface area contributed by atoms with Crippen LogP contribution in [0.25, 0.3) is 0 Å². The second-order valence-corrected chi connectivity index (χ2v) is 3.40. The number of allylic oxidation sites excluding steroid dienone is 4. The largest absolute Gasteiger partial charge is 0.0811 e. The average Bonchev–Trinajstić information content (AvgIpc) is 2.00. The van der Waals surface area contributed by atoms with Gasteiger partial charge in [0.15, 0.2) is 0 Å². The molecular weight excluding hydrogens is 144 g/mol. The molecule has 1 aliphatic carbocycles. The maximum absolute atomic E-state index is 2.26. The van der Waals surface area contributed by atoms with Gasteiger partial charge in [0.1, 0.15) is 0 Å². The van der Waals surface area contributed by atoms with Crippen molar-refractivity contribution in [1.82, 2.24) is 0 Å². The Kier molecular flexibility index (Phi) is 7.07. The van der Waals surface area contributed by atoms with Crippen molar-refractivity contribution < 1.29 is 0 Å². The van der Waals surface area contributed by atoms with Crippen molar-refractivity contribution in [2.45, 2.75) is 42.0 Å². The quantitative estimate of drug-likeness (QED) is 0.469.